The molecule has 1 saturated carbocycles. The Kier molecular flexibility index (Phi) is 5.44. The number of fused-ring (bicyclic) bond motifs is 1. The van der Waals surface area contributed by atoms with E-state index in [0.717, 1.165) is 38.0 Å². The molecule has 4 heteroatoms. The molecule has 1 aromatic carbocycles. The third kappa shape index (κ3) is 3.53. The predicted octanol–water partition coefficient (Wildman–Crippen LogP) is 3.27. The van der Waals surface area contributed by atoms with Gasteiger partial charge in [-0.05, 0) is 49.1 Å². The highest BCUT2D eigenvalue weighted by molar-refractivity contribution is 5.92. The molecule has 0 aromatic heterocycles. The Morgan fingerprint density at radius 3 is 2.75 bits per heavy atom. The average molecular weight is 295 g/mol. The van der Waals surface area contributed by atoms with Gasteiger partial charge in [-0.3, -0.25) is 4.79 Å². The highest BCUT2D eigenvalue weighted by atomic mass is 35.5. The van der Waals surface area contributed by atoms with Gasteiger partial charge in [-0.15, -0.1) is 12.4 Å². The number of halogens is 1. The van der Waals surface area contributed by atoms with Crippen LogP contribution >= 0.6 is 12.4 Å². The maximum absolute atomic E-state index is 12.2. The van der Waals surface area contributed by atoms with E-state index in [9.17, 15) is 4.79 Å². The van der Waals surface area contributed by atoms with E-state index in [4.69, 9.17) is 0 Å². The molecular weight excluding hydrogens is 272 g/mol. The zero-order chi connectivity index (χ0) is 13.1. The van der Waals surface area contributed by atoms with Crippen molar-refractivity contribution < 1.29 is 4.79 Å². The molecule has 2 aliphatic rings. The van der Waals surface area contributed by atoms with Gasteiger partial charge in [-0.25, -0.2) is 0 Å². The smallest absolute Gasteiger partial charge is 0.227 e. The Hall–Kier alpha value is -1.06. The van der Waals surface area contributed by atoms with Crippen LogP contribution in [-0.4, -0.2) is 12.5 Å². The Labute approximate surface area is 126 Å². The van der Waals surface area contributed by atoms with Crippen LogP contribution in [0, 0.1) is 5.92 Å². The van der Waals surface area contributed by atoms with Gasteiger partial charge in [0.15, 0.2) is 0 Å². The standard InChI is InChI=1S/C16H22N2O.ClH/c19-16(13-4-2-1-3-5-13)18-15-7-6-12-8-9-17-11-14(12)10-15;/h6-7,10,13,17H,1-5,8-9,11H2,(H,18,19);1H. The lowest BCUT2D eigenvalue weighted by Crippen LogP contribution is -2.26. The molecule has 1 aromatic rings. The molecule has 110 valence electrons. The van der Waals surface area contributed by atoms with E-state index < -0.39 is 0 Å². The van der Waals surface area contributed by atoms with Crippen LogP contribution in [0.1, 0.15) is 43.2 Å². The zero-order valence-corrected chi connectivity index (χ0v) is 12.6. The van der Waals surface area contributed by atoms with Crippen molar-refractivity contribution in [1.82, 2.24) is 5.32 Å². The summed E-state index contributed by atoms with van der Waals surface area (Å²) in [6.07, 6.45) is 6.88. The molecule has 1 heterocycles. The lowest BCUT2D eigenvalue weighted by atomic mass is 9.88. The second kappa shape index (κ2) is 7.09. The number of nitrogens with one attached hydrogen (secondary N) is 2. The van der Waals surface area contributed by atoms with Crippen LogP contribution in [0.2, 0.25) is 0 Å². The van der Waals surface area contributed by atoms with E-state index >= 15 is 0 Å². The normalized spacial score (nSPS) is 18.8. The number of amides is 1. The fourth-order valence-corrected chi connectivity index (χ4v) is 3.17. The third-order valence-corrected chi connectivity index (χ3v) is 4.34. The molecular formula is C16H23ClN2O. The molecule has 0 saturated heterocycles. The molecule has 1 amide bonds. The molecule has 1 aliphatic carbocycles. The maximum Gasteiger partial charge on any atom is 0.227 e. The Morgan fingerprint density at radius 2 is 1.95 bits per heavy atom. The van der Waals surface area contributed by atoms with E-state index in [1.54, 1.807) is 0 Å². The lowest BCUT2D eigenvalue weighted by Gasteiger charge is -2.22. The molecule has 3 nitrogen and oxygen atoms in total. The minimum absolute atomic E-state index is 0. The summed E-state index contributed by atoms with van der Waals surface area (Å²) in [4.78, 5) is 12.2. The van der Waals surface area contributed by atoms with E-state index in [0.29, 0.717) is 0 Å². The van der Waals surface area contributed by atoms with Gasteiger partial charge in [0.2, 0.25) is 5.91 Å². The molecule has 0 spiro atoms. The van der Waals surface area contributed by atoms with Crippen molar-refractivity contribution in [2.75, 3.05) is 11.9 Å². The lowest BCUT2D eigenvalue weighted by molar-refractivity contribution is -0.120. The van der Waals surface area contributed by atoms with E-state index in [1.807, 2.05) is 6.07 Å². The number of carbonyl (C=O) groups is 1. The molecule has 0 atom stereocenters. The van der Waals surface area contributed by atoms with Crippen LogP contribution in [0.4, 0.5) is 5.69 Å². The van der Waals surface area contributed by atoms with Crippen molar-refractivity contribution in [2.24, 2.45) is 5.92 Å². The minimum Gasteiger partial charge on any atom is -0.326 e. The molecule has 1 fully saturated rings. The largest absolute Gasteiger partial charge is 0.326 e. The molecule has 20 heavy (non-hydrogen) atoms. The molecule has 3 rings (SSSR count). The van der Waals surface area contributed by atoms with Gasteiger partial charge >= 0.3 is 0 Å². The molecule has 2 N–H and O–H groups in total. The Bertz CT molecular complexity index is 470. The quantitative estimate of drug-likeness (QED) is 0.879. The fraction of sp³-hybridized carbons (Fsp3) is 0.562. The fourth-order valence-electron chi connectivity index (χ4n) is 3.17. The van der Waals surface area contributed by atoms with Crippen molar-refractivity contribution in [1.29, 1.82) is 0 Å². The number of hydrogen-bond acceptors (Lipinski definition) is 2. The topological polar surface area (TPSA) is 41.1 Å². The summed E-state index contributed by atoms with van der Waals surface area (Å²) in [6, 6.07) is 6.33. The third-order valence-electron chi connectivity index (χ3n) is 4.34. The van der Waals surface area contributed by atoms with Crippen molar-refractivity contribution in [2.45, 2.75) is 45.1 Å². The second-order valence-corrected chi connectivity index (χ2v) is 5.73. The first-order valence-corrected chi connectivity index (χ1v) is 7.46. The highest BCUT2D eigenvalue weighted by Crippen LogP contribution is 2.25. The molecule has 0 unspecified atom stereocenters. The van der Waals surface area contributed by atoms with Gasteiger partial charge in [0, 0.05) is 18.2 Å². The van der Waals surface area contributed by atoms with Gasteiger partial charge in [-0.2, -0.15) is 0 Å². The summed E-state index contributed by atoms with van der Waals surface area (Å²) in [6.45, 7) is 1.98. The maximum atomic E-state index is 12.2. The van der Waals surface area contributed by atoms with Gasteiger partial charge in [-0.1, -0.05) is 25.3 Å². The van der Waals surface area contributed by atoms with Crippen LogP contribution in [0.5, 0.6) is 0 Å². The van der Waals surface area contributed by atoms with Crippen LogP contribution in [0.3, 0.4) is 0 Å². The van der Waals surface area contributed by atoms with Crippen LogP contribution < -0.4 is 10.6 Å². The second-order valence-electron chi connectivity index (χ2n) is 5.73. The van der Waals surface area contributed by atoms with Crippen LogP contribution in [0.25, 0.3) is 0 Å². The number of anilines is 1. The molecule has 1 aliphatic heterocycles. The molecule has 0 bridgehead atoms. The number of rotatable bonds is 2. The minimum atomic E-state index is 0. The van der Waals surface area contributed by atoms with Gasteiger partial charge in [0.05, 0.1) is 0 Å². The Balaban J connectivity index is 0.00000147. The van der Waals surface area contributed by atoms with Gasteiger partial charge < -0.3 is 10.6 Å². The van der Waals surface area contributed by atoms with Crippen molar-refractivity contribution in [3.63, 3.8) is 0 Å². The van der Waals surface area contributed by atoms with Gasteiger partial charge in [0.1, 0.15) is 0 Å². The summed E-state index contributed by atoms with van der Waals surface area (Å²) >= 11 is 0. The summed E-state index contributed by atoms with van der Waals surface area (Å²) in [5.41, 5.74) is 3.69. The first-order valence-electron chi connectivity index (χ1n) is 7.46. The van der Waals surface area contributed by atoms with E-state index in [-0.39, 0.29) is 24.2 Å². The summed E-state index contributed by atoms with van der Waals surface area (Å²) < 4.78 is 0. The SMILES string of the molecule is Cl.O=C(Nc1ccc2c(c1)CNCC2)C1CCCCC1. The summed E-state index contributed by atoms with van der Waals surface area (Å²) in [7, 11) is 0. The van der Waals surface area contributed by atoms with Crippen LogP contribution in [0.15, 0.2) is 18.2 Å². The first-order chi connectivity index (χ1) is 9.33. The predicted molar refractivity (Wildman–Crippen MR) is 84.3 cm³/mol. The van der Waals surface area contributed by atoms with Crippen molar-refractivity contribution >= 4 is 24.0 Å². The summed E-state index contributed by atoms with van der Waals surface area (Å²) in [5, 5.41) is 6.47. The number of benzene rings is 1. The van der Waals surface area contributed by atoms with Gasteiger partial charge in [0.25, 0.3) is 0 Å². The first kappa shape index (κ1) is 15.3. The van der Waals surface area contributed by atoms with E-state index in [1.165, 1.54) is 30.4 Å². The molecule has 0 radical (unpaired) electrons. The van der Waals surface area contributed by atoms with Crippen molar-refractivity contribution in [3.05, 3.63) is 29.3 Å². The van der Waals surface area contributed by atoms with E-state index in [2.05, 4.69) is 22.8 Å². The van der Waals surface area contributed by atoms with Crippen molar-refractivity contribution in [3.8, 4) is 0 Å². The summed E-state index contributed by atoms with van der Waals surface area (Å²) in [5.74, 6) is 0.436. The highest BCUT2D eigenvalue weighted by Gasteiger charge is 2.21. The van der Waals surface area contributed by atoms with Crippen LogP contribution in [-0.2, 0) is 17.8 Å². The monoisotopic (exact) mass is 294 g/mol. The Morgan fingerprint density at radius 1 is 1.15 bits per heavy atom. The zero-order valence-electron chi connectivity index (χ0n) is 11.8. The number of carbonyl (C=O) groups excluding carboxylic acids is 1. The average Bonchev–Trinajstić information content (AvgIpc) is 2.48. The number of hydrogen-bond donors (Lipinski definition) is 2.